The van der Waals surface area contributed by atoms with Crippen LogP contribution in [0.1, 0.15) is 28.8 Å². The van der Waals surface area contributed by atoms with Crippen molar-refractivity contribution in [3.05, 3.63) is 78.0 Å². The maximum atomic E-state index is 12.4. The largest absolute Gasteiger partial charge is 0.372 e. The van der Waals surface area contributed by atoms with E-state index in [0.29, 0.717) is 11.3 Å². The third-order valence-corrected chi connectivity index (χ3v) is 5.02. The Bertz CT molecular complexity index is 945. The Morgan fingerprint density at radius 3 is 2.32 bits per heavy atom. The van der Waals surface area contributed by atoms with Crippen molar-refractivity contribution in [1.82, 2.24) is 4.98 Å². The van der Waals surface area contributed by atoms with Crippen LogP contribution in [0.3, 0.4) is 0 Å². The van der Waals surface area contributed by atoms with Crippen molar-refractivity contribution in [2.45, 2.75) is 19.8 Å². The number of hydrogen-bond donors (Lipinski definition) is 2. The Hall–Kier alpha value is -3.34. The summed E-state index contributed by atoms with van der Waals surface area (Å²) in [5, 5.41) is 6.19. The molecule has 0 saturated carbocycles. The Morgan fingerprint density at radius 2 is 1.64 bits per heavy atom. The van der Waals surface area contributed by atoms with Crippen LogP contribution in [0.15, 0.2) is 66.9 Å². The van der Waals surface area contributed by atoms with Crippen LogP contribution in [0.4, 0.5) is 22.9 Å². The molecule has 5 heteroatoms. The van der Waals surface area contributed by atoms with Crippen molar-refractivity contribution in [2.24, 2.45) is 0 Å². The zero-order valence-corrected chi connectivity index (χ0v) is 16.0. The van der Waals surface area contributed by atoms with E-state index in [1.165, 1.54) is 18.5 Å². The van der Waals surface area contributed by atoms with Crippen molar-refractivity contribution >= 4 is 28.8 Å². The lowest BCUT2D eigenvalue weighted by atomic mass is 10.1. The second kappa shape index (κ2) is 8.13. The highest BCUT2D eigenvalue weighted by atomic mass is 16.1. The molecule has 0 spiro atoms. The van der Waals surface area contributed by atoms with Crippen LogP contribution in [-0.2, 0) is 0 Å². The van der Waals surface area contributed by atoms with Gasteiger partial charge in [0.2, 0.25) is 0 Å². The van der Waals surface area contributed by atoms with Crippen LogP contribution >= 0.6 is 0 Å². The summed E-state index contributed by atoms with van der Waals surface area (Å²) in [5.41, 5.74) is 4.55. The predicted molar refractivity (Wildman–Crippen MR) is 115 cm³/mol. The van der Waals surface area contributed by atoms with E-state index in [1.807, 2.05) is 43.3 Å². The molecule has 1 aliphatic heterocycles. The van der Waals surface area contributed by atoms with Crippen LogP contribution in [0.5, 0.6) is 0 Å². The SMILES string of the molecule is Cc1ccccc1C(=O)Nc1ccc(Nc2ccc(N3CCCC3)cc2)nc1. The van der Waals surface area contributed by atoms with E-state index in [9.17, 15) is 4.79 Å². The van der Waals surface area contributed by atoms with Gasteiger partial charge < -0.3 is 15.5 Å². The first-order valence-corrected chi connectivity index (χ1v) is 9.64. The number of carbonyl (C=O) groups excluding carboxylic acids is 1. The van der Waals surface area contributed by atoms with Gasteiger partial charge in [-0.15, -0.1) is 0 Å². The number of anilines is 4. The number of carbonyl (C=O) groups is 1. The average molecular weight is 372 g/mol. The maximum absolute atomic E-state index is 12.4. The van der Waals surface area contributed by atoms with Gasteiger partial charge in [0.05, 0.1) is 11.9 Å². The molecule has 5 nitrogen and oxygen atoms in total. The van der Waals surface area contributed by atoms with Crippen molar-refractivity contribution in [1.29, 1.82) is 0 Å². The summed E-state index contributed by atoms with van der Waals surface area (Å²) in [6.45, 7) is 4.21. The van der Waals surface area contributed by atoms with E-state index in [-0.39, 0.29) is 5.91 Å². The van der Waals surface area contributed by atoms with E-state index in [4.69, 9.17) is 0 Å². The fourth-order valence-electron chi connectivity index (χ4n) is 3.45. The number of pyridine rings is 1. The van der Waals surface area contributed by atoms with Crippen LogP contribution in [0, 0.1) is 6.92 Å². The second-order valence-electron chi connectivity index (χ2n) is 7.07. The Morgan fingerprint density at radius 1 is 0.929 bits per heavy atom. The standard InChI is InChI=1S/C23H24N4O/c1-17-6-2-3-7-21(17)23(28)26-19-10-13-22(24-16-19)25-18-8-11-20(12-9-18)27-14-4-5-15-27/h2-3,6-13,16H,4-5,14-15H2,1H3,(H,24,25)(H,26,28). The summed E-state index contributed by atoms with van der Waals surface area (Å²) in [7, 11) is 0. The number of aryl methyl sites for hydroxylation is 1. The molecule has 0 radical (unpaired) electrons. The smallest absolute Gasteiger partial charge is 0.255 e. The third kappa shape index (κ3) is 4.14. The zero-order chi connectivity index (χ0) is 19.3. The van der Waals surface area contributed by atoms with Crippen molar-refractivity contribution in [3.63, 3.8) is 0 Å². The predicted octanol–water partition coefficient (Wildman–Crippen LogP) is 4.99. The number of amides is 1. The third-order valence-electron chi connectivity index (χ3n) is 5.02. The first kappa shape index (κ1) is 18.0. The van der Waals surface area contributed by atoms with Gasteiger partial charge >= 0.3 is 0 Å². The van der Waals surface area contributed by atoms with Crippen molar-refractivity contribution in [2.75, 3.05) is 28.6 Å². The van der Waals surface area contributed by atoms with Crippen molar-refractivity contribution < 1.29 is 4.79 Å². The molecule has 0 aliphatic carbocycles. The highest BCUT2D eigenvalue weighted by Gasteiger charge is 2.12. The highest BCUT2D eigenvalue weighted by molar-refractivity contribution is 6.05. The number of benzene rings is 2. The fourth-order valence-corrected chi connectivity index (χ4v) is 3.45. The molecule has 1 amide bonds. The van der Waals surface area contributed by atoms with Crippen LogP contribution in [0.2, 0.25) is 0 Å². The molecule has 3 aromatic rings. The first-order valence-electron chi connectivity index (χ1n) is 9.64. The molecule has 0 bridgehead atoms. The molecule has 2 aromatic carbocycles. The summed E-state index contributed by atoms with van der Waals surface area (Å²) in [6.07, 6.45) is 4.21. The van der Waals surface area contributed by atoms with Gasteiger partial charge in [-0.2, -0.15) is 0 Å². The highest BCUT2D eigenvalue weighted by Crippen LogP contribution is 2.24. The average Bonchev–Trinajstić information content (AvgIpc) is 3.25. The van der Waals surface area contributed by atoms with E-state index in [1.54, 1.807) is 6.20 Å². The minimum absolute atomic E-state index is 0.127. The second-order valence-corrected chi connectivity index (χ2v) is 7.07. The lowest BCUT2D eigenvalue weighted by molar-refractivity contribution is 0.102. The summed E-state index contributed by atoms with van der Waals surface area (Å²) in [4.78, 5) is 19.2. The molecule has 4 rings (SSSR count). The molecular formula is C23H24N4O. The van der Waals surface area contributed by atoms with Gasteiger partial charge in [-0.25, -0.2) is 4.98 Å². The molecule has 2 N–H and O–H groups in total. The topological polar surface area (TPSA) is 57.3 Å². The lowest BCUT2D eigenvalue weighted by Crippen LogP contribution is -2.17. The minimum Gasteiger partial charge on any atom is -0.372 e. The molecule has 1 fully saturated rings. The summed E-state index contributed by atoms with van der Waals surface area (Å²) < 4.78 is 0. The normalized spacial score (nSPS) is 13.4. The van der Waals surface area contributed by atoms with Gasteiger partial charge in [-0.1, -0.05) is 18.2 Å². The van der Waals surface area contributed by atoms with Gasteiger partial charge in [-0.05, 0) is 67.8 Å². The molecule has 0 unspecified atom stereocenters. The van der Waals surface area contributed by atoms with E-state index in [2.05, 4.69) is 44.8 Å². The molecule has 0 atom stereocenters. The molecule has 28 heavy (non-hydrogen) atoms. The van der Waals surface area contributed by atoms with E-state index in [0.717, 1.165) is 30.2 Å². The molecule has 1 aliphatic rings. The Kier molecular flexibility index (Phi) is 5.24. The van der Waals surface area contributed by atoms with Gasteiger partial charge in [0.1, 0.15) is 5.82 Å². The number of aromatic nitrogens is 1. The fraction of sp³-hybridized carbons (Fsp3) is 0.217. The molecular weight excluding hydrogens is 348 g/mol. The van der Waals surface area contributed by atoms with Gasteiger partial charge in [-0.3, -0.25) is 4.79 Å². The van der Waals surface area contributed by atoms with Crippen LogP contribution < -0.4 is 15.5 Å². The van der Waals surface area contributed by atoms with Gasteiger partial charge in [0.15, 0.2) is 0 Å². The van der Waals surface area contributed by atoms with E-state index < -0.39 is 0 Å². The monoisotopic (exact) mass is 372 g/mol. The molecule has 2 heterocycles. The number of nitrogens with one attached hydrogen (secondary N) is 2. The lowest BCUT2D eigenvalue weighted by Gasteiger charge is -2.18. The van der Waals surface area contributed by atoms with Gasteiger partial charge in [0, 0.05) is 30.0 Å². The van der Waals surface area contributed by atoms with Crippen LogP contribution in [0.25, 0.3) is 0 Å². The minimum atomic E-state index is -0.127. The number of hydrogen-bond acceptors (Lipinski definition) is 4. The summed E-state index contributed by atoms with van der Waals surface area (Å²) in [6, 6.07) is 19.7. The summed E-state index contributed by atoms with van der Waals surface area (Å²) in [5.74, 6) is 0.612. The number of rotatable bonds is 5. The molecule has 142 valence electrons. The number of nitrogens with zero attached hydrogens (tertiary/aromatic N) is 2. The van der Waals surface area contributed by atoms with Gasteiger partial charge in [0.25, 0.3) is 5.91 Å². The molecule has 1 saturated heterocycles. The Balaban J connectivity index is 1.38. The zero-order valence-electron chi connectivity index (χ0n) is 16.0. The quantitative estimate of drug-likeness (QED) is 0.663. The Labute approximate surface area is 165 Å². The maximum Gasteiger partial charge on any atom is 0.255 e. The van der Waals surface area contributed by atoms with Crippen molar-refractivity contribution in [3.8, 4) is 0 Å². The van der Waals surface area contributed by atoms with Crippen LogP contribution in [-0.4, -0.2) is 24.0 Å². The first-order chi connectivity index (χ1) is 13.7. The van der Waals surface area contributed by atoms with E-state index >= 15 is 0 Å². The summed E-state index contributed by atoms with van der Waals surface area (Å²) >= 11 is 0. The molecule has 1 aromatic heterocycles.